The Balaban J connectivity index is 2.21. The van der Waals surface area contributed by atoms with E-state index < -0.39 is 11.8 Å². The van der Waals surface area contributed by atoms with E-state index in [4.69, 9.17) is 16.2 Å². The number of fused-ring (bicyclic) bond motifs is 1. The fraction of sp³-hybridized carbons (Fsp3) is 0.250. The van der Waals surface area contributed by atoms with Crippen LogP contribution in [0.1, 0.15) is 40.9 Å². The van der Waals surface area contributed by atoms with Crippen molar-refractivity contribution in [3.8, 4) is 11.1 Å². The van der Waals surface area contributed by atoms with Crippen molar-refractivity contribution in [2.75, 3.05) is 6.61 Å². The fourth-order valence-electron chi connectivity index (χ4n) is 2.72. The first-order valence-corrected chi connectivity index (χ1v) is 7.70. The molecule has 9 heteroatoms. The van der Waals surface area contributed by atoms with Crippen LogP contribution in [0.25, 0.3) is 16.6 Å². The average Bonchev–Trinajstić information content (AvgIpc) is 3.21. The van der Waals surface area contributed by atoms with Gasteiger partial charge in [0.15, 0.2) is 0 Å². The van der Waals surface area contributed by atoms with Gasteiger partial charge >= 0.3 is 0 Å². The molecule has 9 nitrogen and oxygen atoms in total. The number of hydrogen-bond donors (Lipinski definition) is 2. The van der Waals surface area contributed by atoms with Gasteiger partial charge in [0.25, 0.3) is 11.8 Å². The number of rotatable bonds is 6. The molecule has 0 aliphatic carbocycles. The van der Waals surface area contributed by atoms with E-state index in [0.717, 1.165) is 0 Å². The third-order valence-corrected chi connectivity index (χ3v) is 3.87. The van der Waals surface area contributed by atoms with E-state index in [1.165, 1.54) is 10.7 Å². The van der Waals surface area contributed by atoms with E-state index >= 15 is 0 Å². The number of nitrogens with two attached hydrogens (primary N) is 2. The van der Waals surface area contributed by atoms with E-state index in [0.29, 0.717) is 23.3 Å². The van der Waals surface area contributed by atoms with Crippen LogP contribution in [0.2, 0.25) is 0 Å². The zero-order chi connectivity index (χ0) is 18.1. The molecule has 0 aromatic carbocycles. The summed E-state index contributed by atoms with van der Waals surface area (Å²) in [6.07, 6.45) is 4.41. The lowest BCUT2D eigenvalue weighted by Crippen LogP contribution is -2.17. The van der Waals surface area contributed by atoms with Gasteiger partial charge in [-0.1, -0.05) is 0 Å². The lowest BCUT2D eigenvalue weighted by molar-refractivity contribution is 0.0160. The summed E-state index contributed by atoms with van der Waals surface area (Å²) in [6, 6.07) is 3.21. The summed E-state index contributed by atoms with van der Waals surface area (Å²) >= 11 is 0. The van der Waals surface area contributed by atoms with Gasteiger partial charge in [-0.15, -0.1) is 0 Å². The Kier molecular flexibility index (Phi) is 4.24. The van der Waals surface area contributed by atoms with Crippen molar-refractivity contribution in [2.24, 2.45) is 11.5 Å². The summed E-state index contributed by atoms with van der Waals surface area (Å²) in [5.74, 6) is -1.25. The molecule has 0 aliphatic rings. The summed E-state index contributed by atoms with van der Waals surface area (Å²) in [4.78, 5) is 23.4. The highest BCUT2D eigenvalue weighted by atomic mass is 16.5. The Labute approximate surface area is 143 Å². The van der Waals surface area contributed by atoms with Gasteiger partial charge in [0.1, 0.15) is 11.9 Å². The molecule has 0 radical (unpaired) electrons. The van der Waals surface area contributed by atoms with E-state index in [1.54, 1.807) is 29.2 Å². The van der Waals surface area contributed by atoms with E-state index in [-0.39, 0.29) is 17.5 Å². The third kappa shape index (κ3) is 2.85. The van der Waals surface area contributed by atoms with Crippen LogP contribution in [-0.2, 0) is 4.74 Å². The Hall–Kier alpha value is -3.20. The minimum atomic E-state index is -0.627. The maximum Gasteiger partial charge on any atom is 0.267 e. The van der Waals surface area contributed by atoms with Gasteiger partial charge in [0.2, 0.25) is 0 Å². The number of amides is 2. The van der Waals surface area contributed by atoms with Crippen molar-refractivity contribution in [1.82, 2.24) is 19.4 Å². The van der Waals surface area contributed by atoms with Gasteiger partial charge in [-0.2, -0.15) is 10.2 Å². The van der Waals surface area contributed by atoms with Crippen LogP contribution in [0.4, 0.5) is 0 Å². The molecule has 0 fully saturated rings. The monoisotopic (exact) mass is 342 g/mol. The normalized spacial score (nSPS) is 12.4. The molecule has 0 saturated heterocycles. The minimum absolute atomic E-state index is 0.211. The zero-order valence-electron chi connectivity index (χ0n) is 13.8. The molecule has 3 aromatic rings. The smallest absolute Gasteiger partial charge is 0.267 e. The topological polar surface area (TPSA) is 131 Å². The molecular weight excluding hydrogens is 324 g/mol. The van der Waals surface area contributed by atoms with Crippen LogP contribution in [-0.4, -0.2) is 37.8 Å². The SMILES string of the molecule is CCOC(C)n1cc(-c2c(C(N)=O)cnn3c(C(N)=O)ccc23)cn1. The molecule has 2 amide bonds. The summed E-state index contributed by atoms with van der Waals surface area (Å²) in [5.41, 5.74) is 13.0. The third-order valence-electron chi connectivity index (χ3n) is 3.87. The van der Waals surface area contributed by atoms with Gasteiger partial charge in [0.05, 0.1) is 23.5 Å². The molecule has 3 aromatic heterocycles. The predicted molar refractivity (Wildman–Crippen MR) is 89.8 cm³/mol. The molecule has 25 heavy (non-hydrogen) atoms. The molecule has 4 N–H and O–H groups in total. The standard InChI is InChI=1S/C16H18N6O3/c1-3-25-9(2)21-8-10(6-19-21)14-11(15(17)23)7-20-22-12(14)4-5-13(22)16(18)24/h4-9H,3H2,1-2H3,(H2,17,23)(H2,18,24). The average molecular weight is 342 g/mol. The summed E-state index contributed by atoms with van der Waals surface area (Å²) in [7, 11) is 0. The molecule has 3 rings (SSSR count). The molecule has 1 unspecified atom stereocenters. The van der Waals surface area contributed by atoms with Crippen LogP contribution in [0.5, 0.6) is 0 Å². The lowest BCUT2D eigenvalue weighted by atomic mass is 10.0. The van der Waals surface area contributed by atoms with Crippen LogP contribution < -0.4 is 11.5 Å². The number of ether oxygens (including phenoxy) is 1. The number of carbonyl (C=O) groups is 2. The second-order valence-corrected chi connectivity index (χ2v) is 5.44. The second kappa shape index (κ2) is 6.36. The highest BCUT2D eigenvalue weighted by molar-refractivity contribution is 6.04. The molecule has 1 atom stereocenters. The molecule has 3 heterocycles. The van der Waals surface area contributed by atoms with E-state index in [2.05, 4.69) is 10.2 Å². The Bertz CT molecular complexity index is 958. The van der Waals surface area contributed by atoms with E-state index in [1.807, 2.05) is 13.8 Å². The van der Waals surface area contributed by atoms with Crippen LogP contribution in [0, 0.1) is 0 Å². The van der Waals surface area contributed by atoms with Gasteiger partial charge in [-0.25, -0.2) is 9.20 Å². The summed E-state index contributed by atoms with van der Waals surface area (Å²) in [5, 5.41) is 8.38. The van der Waals surface area contributed by atoms with Crippen molar-refractivity contribution in [2.45, 2.75) is 20.1 Å². The first-order chi connectivity index (χ1) is 11.9. The largest absolute Gasteiger partial charge is 0.366 e. The minimum Gasteiger partial charge on any atom is -0.366 e. The Morgan fingerprint density at radius 2 is 1.96 bits per heavy atom. The van der Waals surface area contributed by atoms with Crippen LogP contribution in [0.15, 0.2) is 30.7 Å². The van der Waals surface area contributed by atoms with E-state index in [9.17, 15) is 9.59 Å². The quantitative estimate of drug-likeness (QED) is 0.688. The molecule has 0 spiro atoms. The number of carbonyl (C=O) groups excluding carboxylic acids is 2. The molecule has 0 aliphatic heterocycles. The Morgan fingerprint density at radius 1 is 1.20 bits per heavy atom. The zero-order valence-corrected chi connectivity index (χ0v) is 13.8. The lowest BCUT2D eigenvalue weighted by Gasteiger charge is -2.11. The predicted octanol–water partition coefficient (Wildman–Crippen LogP) is 0.951. The maximum absolute atomic E-state index is 11.9. The van der Waals surface area contributed by atoms with Crippen molar-refractivity contribution in [3.63, 3.8) is 0 Å². The molecular formula is C16H18N6O3. The van der Waals surface area contributed by atoms with Gasteiger partial charge in [-0.3, -0.25) is 9.59 Å². The number of hydrogen-bond acceptors (Lipinski definition) is 5. The van der Waals surface area contributed by atoms with Gasteiger partial charge in [-0.05, 0) is 26.0 Å². The number of primary amides is 2. The summed E-state index contributed by atoms with van der Waals surface area (Å²) in [6.45, 7) is 4.30. The van der Waals surface area contributed by atoms with Crippen molar-refractivity contribution in [3.05, 3.63) is 42.0 Å². The first kappa shape index (κ1) is 16.7. The maximum atomic E-state index is 11.9. The first-order valence-electron chi connectivity index (χ1n) is 7.70. The second-order valence-electron chi connectivity index (χ2n) is 5.44. The Morgan fingerprint density at radius 3 is 2.60 bits per heavy atom. The van der Waals surface area contributed by atoms with Gasteiger partial charge < -0.3 is 16.2 Å². The fourth-order valence-corrected chi connectivity index (χ4v) is 2.72. The van der Waals surface area contributed by atoms with Crippen LogP contribution in [0.3, 0.4) is 0 Å². The highest BCUT2D eigenvalue weighted by Crippen LogP contribution is 2.29. The summed E-state index contributed by atoms with van der Waals surface area (Å²) < 4.78 is 8.53. The van der Waals surface area contributed by atoms with Crippen molar-refractivity contribution in [1.29, 1.82) is 0 Å². The van der Waals surface area contributed by atoms with Crippen molar-refractivity contribution >= 4 is 17.3 Å². The van der Waals surface area contributed by atoms with Crippen molar-refractivity contribution < 1.29 is 14.3 Å². The molecule has 0 saturated carbocycles. The molecule has 130 valence electrons. The number of nitrogens with zero attached hydrogens (tertiary/aromatic N) is 4. The van der Waals surface area contributed by atoms with Gasteiger partial charge in [0, 0.05) is 23.9 Å². The molecule has 0 bridgehead atoms. The number of aromatic nitrogens is 4. The highest BCUT2D eigenvalue weighted by Gasteiger charge is 2.20. The van der Waals surface area contributed by atoms with Crippen LogP contribution >= 0.6 is 0 Å².